The summed E-state index contributed by atoms with van der Waals surface area (Å²) in [6, 6.07) is -0.0254. The van der Waals surface area contributed by atoms with Crippen molar-refractivity contribution in [3.8, 4) is 0 Å². The highest BCUT2D eigenvalue weighted by molar-refractivity contribution is 6.52. The van der Waals surface area contributed by atoms with Crippen LogP contribution in [0.5, 0.6) is 0 Å². The molecule has 1 saturated carbocycles. The average Bonchev–Trinajstić information content (AvgIpc) is 2.76. The number of alkyl halides is 2. The number of carbonyl (C=O) groups excluding carboxylic acids is 2. The number of amides is 2. The Morgan fingerprint density at radius 3 is 2.38 bits per heavy atom. The van der Waals surface area contributed by atoms with Gasteiger partial charge in [0.05, 0.1) is 12.0 Å². The van der Waals surface area contributed by atoms with Gasteiger partial charge in [0.1, 0.15) is 9.93 Å². The second kappa shape index (κ2) is 5.51. The molecule has 0 N–H and O–H groups in total. The number of nitrogens with zero attached hydrogens (tertiary/aromatic N) is 2. The molecule has 2 amide bonds. The Balaban J connectivity index is 1.87. The van der Waals surface area contributed by atoms with E-state index in [1.807, 2.05) is 20.8 Å². The maximum atomic E-state index is 12.2. The van der Waals surface area contributed by atoms with Gasteiger partial charge in [0.25, 0.3) is 0 Å². The zero-order chi connectivity index (χ0) is 16.0. The third-order valence-corrected chi connectivity index (χ3v) is 4.66. The number of likely N-dealkylation sites (N-methyl/N-ethyl adjacent to an activating group) is 1. The Labute approximate surface area is 135 Å². The molecule has 1 aliphatic carbocycles. The zero-order valence-corrected chi connectivity index (χ0v) is 14.4. The molecule has 0 spiro atoms. The van der Waals surface area contributed by atoms with Crippen molar-refractivity contribution in [3.63, 3.8) is 0 Å². The number of hydrogen-bond donors (Lipinski definition) is 0. The van der Waals surface area contributed by atoms with Crippen LogP contribution in [0.1, 0.15) is 33.6 Å². The van der Waals surface area contributed by atoms with Crippen molar-refractivity contribution in [2.75, 3.05) is 20.1 Å². The van der Waals surface area contributed by atoms with Crippen LogP contribution in [-0.2, 0) is 9.53 Å². The van der Waals surface area contributed by atoms with E-state index in [9.17, 15) is 9.59 Å². The summed E-state index contributed by atoms with van der Waals surface area (Å²) in [7, 11) is 1.71. The monoisotopic (exact) mass is 336 g/mol. The summed E-state index contributed by atoms with van der Waals surface area (Å²) < 4.78 is 4.45. The predicted octanol–water partition coefficient (Wildman–Crippen LogP) is 2.65. The number of carbonyl (C=O) groups is 2. The molecule has 120 valence electrons. The summed E-state index contributed by atoms with van der Waals surface area (Å²) in [5.74, 6) is -0.313. The third kappa shape index (κ3) is 3.95. The summed E-state index contributed by atoms with van der Waals surface area (Å²) >= 11 is 11.9. The molecule has 2 unspecified atom stereocenters. The highest BCUT2D eigenvalue weighted by Gasteiger charge is 2.58. The van der Waals surface area contributed by atoms with Crippen LogP contribution in [0.2, 0.25) is 0 Å². The van der Waals surface area contributed by atoms with Gasteiger partial charge >= 0.3 is 6.09 Å². The van der Waals surface area contributed by atoms with E-state index in [1.165, 1.54) is 0 Å². The van der Waals surface area contributed by atoms with Crippen LogP contribution in [0.3, 0.4) is 0 Å². The SMILES string of the molecule is CN(C(=O)OC(C)(C)C)C1CCN(C(=O)C2CC2(Cl)Cl)C1. The fraction of sp³-hybridized carbons (Fsp3) is 0.857. The summed E-state index contributed by atoms with van der Waals surface area (Å²) in [5.41, 5.74) is -0.523. The first-order valence-electron chi connectivity index (χ1n) is 7.14. The smallest absolute Gasteiger partial charge is 0.410 e. The molecule has 0 bridgehead atoms. The molecule has 5 nitrogen and oxygen atoms in total. The fourth-order valence-corrected chi connectivity index (χ4v) is 2.94. The number of ether oxygens (including phenoxy) is 1. The second-order valence-corrected chi connectivity index (χ2v) is 8.38. The Morgan fingerprint density at radius 1 is 1.33 bits per heavy atom. The van der Waals surface area contributed by atoms with Crippen molar-refractivity contribution in [3.05, 3.63) is 0 Å². The molecular weight excluding hydrogens is 315 g/mol. The first-order valence-corrected chi connectivity index (χ1v) is 7.89. The molecule has 1 saturated heterocycles. The summed E-state index contributed by atoms with van der Waals surface area (Å²) in [4.78, 5) is 27.6. The molecule has 0 aromatic heterocycles. The number of rotatable bonds is 2. The van der Waals surface area contributed by atoms with Crippen LogP contribution in [-0.4, -0.2) is 57.9 Å². The molecule has 7 heteroatoms. The first kappa shape index (κ1) is 16.7. The number of hydrogen-bond acceptors (Lipinski definition) is 3. The van der Waals surface area contributed by atoms with Gasteiger partial charge in [-0.3, -0.25) is 4.79 Å². The van der Waals surface area contributed by atoms with Crippen molar-refractivity contribution in [1.82, 2.24) is 9.80 Å². The van der Waals surface area contributed by atoms with Gasteiger partial charge in [0, 0.05) is 20.1 Å². The second-order valence-electron chi connectivity index (χ2n) is 6.84. The fourth-order valence-electron chi connectivity index (χ4n) is 2.44. The van der Waals surface area contributed by atoms with E-state index in [1.54, 1.807) is 16.8 Å². The Morgan fingerprint density at radius 2 is 1.90 bits per heavy atom. The van der Waals surface area contributed by atoms with Gasteiger partial charge in [-0.1, -0.05) is 0 Å². The molecule has 0 radical (unpaired) electrons. The van der Waals surface area contributed by atoms with Crippen molar-refractivity contribution >= 4 is 35.2 Å². The van der Waals surface area contributed by atoms with Gasteiger partial charge in [-0.05, 0) is 33.6 Å². The van der Waals surface area contributed by atoms with Gasteiger partial charge in [-0.25, -0.2) is 4.79 Å². The van der Waals surface area contributed by atoms with Gasteiger partial charge in [-0.15, -0.1) is 23.2 Å². The molecule has 2 rings (SSSR count). The molecule has 21 heavy (non-hydrogen) atoms. The summed E-state index contributed by atoms with van der Waals surface area (Å²) in [6.07, 6.45) is 0.890. The maximum absolute atomic E-state index is 12.2. The topological polar surface area (TPSA) is 49.9 Å². The van der Waals surface area contributed by atoms with Gasteiger partial charge in [0.2, 0.25) is 5.91 Å². The Bertz CT molecular complexity index is 448. The standard InChI is InChI=1S/C14H22Cl2N2O3/c1-13(2,3)21-12(20)17(4)9-5-6-18(8-9)11(19)10-7-14(10,15)16/h9-10H,5-8H2,1-4H3. The average molecular weight is 337 g/mol. The van der Waals surface area contributed by atoms with E-state index in [0.717, 1.165) is 6.42 Å². The maximum Gasteiger partial charge on any atom is 0.410 e. The molecule has 1 aliphatic heterocycles. The van der Waals surface area contributed by atoms with E-state index in [-0.39, 0.29) is 24.0 Å². The van der Waals surface area contributed by atoms with Crippen LogP contribution in [0.4, 0.5) is 4.79 Å². The predicted molar refractivity (Wildman–Crippen MR) is 81.5 cm³/mol. The molecule has 2 fully saturated rings. The third-order valence-electron chi connectivity index (χ3n) is 3.83. The lowest BCUT2D eigenvalue weighted by Gasteiger charge is -2.28. The zero-order valence-electron chi connectivity index (χ0n) is 12.9. The molecule has 0 aromatic rings. The van der Waals surface area contributed by atoms with Crippen LogP contribution in [0.15, 0.2) is 0 Å². The van der Waals surface area contributed by atoms with Crippen molar-refractivity contribution < 1.29 is 14.3 Å². The van der Waals surface area contributed by atoms with Gasteiger partial charge in [0.15, 0.2) is 0 Å². The lowest BCUT2D eigenvalue weighted by atomic mass is 10.2. The molecule has 0 aromatic carbocycles. The Hall–Kier alpha value is -0.680. The van der Waals surface area contributed by atoms with Gasteiger partial charge < -0.3 is 14.5 Å². The van der Waals surface area contributed by atoms with Crippen LogP contribution in [0, 0.1) is 5.92 Å². The Kier molecular flexibility index (Phi) is 4.37. The van der Waals surface area contributed by atoms with Gasteiger partial charge in [-0.2, -0.15) is 0 Å². The first-order chi connectivity index (χ1) is 9.51. The summed E-state index contributed by atoms with van der Waals surface area (Å²) in [5, 5.41) is 0. The quantitative estimate of drug-likeness (QED) is 0.728. The van der Waals surface area contributed by atoms with E-state index in [4.69, 9.17) is 27.9 Å². The van der Waals surface area contributed by atoms with E-state index in [2.05, 4.69) is 0 Å². The lowest BCUT2D eigenvalue weighted by molar-refractivity contribution is -0.131. The van der Waals surface area contributed by atoms with Crippen LogP contribution < -0.4 is 0 Å². The highest BCUT2D eigenvalue weighted by Crippen LogP contribution is 2.54. The lowest BCUT2D eigenvalue weighted by Crippen LogP contribution is -2.43. The largest absolute Gasteiger partial charge is 0.444 e. The minimum absolute atomic E-state index is 0.0138. The van der Waals surface area contributed by atoms with Crippen LogP contribution in [0.25, 0.3) is 0 Å². The van der Waals surface area contributed by atoms with Crippen LogP contribution >= 0.6 is 23.2 Å². The minimum atomic E-state index is -0.897. The van der Waals surface area contributed by atoms with Crippen molar-refractivity contribution in [2.45, 2.75) is 49.6 Å². The molecule has 1 heterocycles. The molecule has 2 aliphatic rings. The van der Waals surface area contributed by atoms with Crippen molar-refractivity contribution in [1.29, 1.82) is 0 Å². The summed E-state index contributed by atoms with van der Waals surface area (Å²) in [6.45, 7) is 6.62. The number of halogens is 2. The van der Waals surface area contributed by atoms with E-state index < -0.39 is 9.93 Å². The van der Waals surface area contributed by atoms with E-state index in [0.29, 0.717) is 19.5 Å². The van der Waals surface area contributed by atoms with E-state index >= 15 is 0 Å². The molecule has 2 atom stereocenters. The van der Waals surface area contributed by atoms with Crippen molar-refractivity contribution in [2.24, 2.45) is 5.92 Å². The minimum Gasteiger partial charge on any atom is -0.444 e. The highest BCUT2D eigenvalue weighted by atomic mass is 35.5. The number of likely N-dealkylation sites (tertiary alicyclic amines) is 1. The molecular formula is C14H22Cl2N2O3. The normalized spacial score (nSPS) is 27.4.